The van der Waals surface area contributed by atoms with Crippen molar-refractivity contribution in [1.82, 2.24) is 5.32 Å². The van der Waals surface area contributed by atoms with E-state index in [1.807, 2.05) is 54.6 Å². The van der Waals surface area contributed by atoms with Crippen LogP contribution in [0.4, 0.5) is 0 Å². The molecule has 134 valence electrons. The summed E-state index contributed by atoms with van der Waals surface area (Å²) in [6.07, 6.45) is 0. The Kier molecular flexibility index (Phi) is 5.59. The third kappa shape index (κ3) is 4.45. The number of carbonyl (C=O) groups excluding carboxylic acids is 1. The van der Waals surface area contributed by atoms with Crippen LogP contribution < -0.4 is 14.8 Å². The summed E-state index contributed by atoms with van der Waals surface area (Å²) in [5.41, 5.74) is 1.57. The second-order valence-corrected chi connectivity index (χ2v) is 5.82. The Hall–Kier alpha value is -3.21. The number of rotatable bonds is 7. The first-order valence-corrected chi connectivity index (χ1v) is 8.34. The molecule has 1 N–H and O–H groups in total. The van der Waals surface area contributed by atoms with Gasteiger partial charge in [0, 0.05) is 6.54 Å². The summed E-state index contributed by atoms with van der Waals surface area (Å²) >= 11 is 0. The Morgan fingerprint density at radius 1 is 1.04 bits per heavy atom. The average molecular weight is 351 g/mol. The molecule has 0 spiro atoms. The van der Waals surface area contributed by atoms with Gasteiger partial charge in [-0.05, 0) is 42.8 Å². The fourth-order valence-corrected chi connectivity index (χ4v) is 2.54. The highest BCUT2D eigenvalue weighted by molar-refractivity contribution is 5.95. The summed E-state index contributed by atoms with van der Waals surface area (Å²) in [6, 6.07) is 18.8. The smallest absolute Gasteiger partial charge is 0.255 e. The van der Waals surface area contributed by atoms with Gasteiger partial charge in [0.15, 0.2) is 0 Å². The molecular weight excluding hydrogens is 330 g/mol. The van der Waals surface area contributed by atoms with Gasteiger partial charge < -0.3 is 19.2 Å². The van der Waals surface area contributed by atoms with Crippen molar-refractivity contribution in [3.05, 3.63) is 83.3 Å². The standard InChI is InChI=1S/C21H21NO4/c1-15-20(21(23)22-13-16-6-4-3-5-7-16)12-19(26-15)14-25-18-10-8-17(24-2)9-11-18/h3-12H,13-14H2,1-2H3,(H,22,23). The predicted octanol–water partition coefficient (Wildman–Crippen LogP) is 4.11. The molecule has 0 fully saturated rings. The number of carbonyl (C=O) groups is 1. The summed E-state index contributed by atoms with van der Waals surface area (Å²) in [5, 5.41) is 2.90. The number of ether oxygens (including phenoxy) is 2. The van der Waals surface area contributed by atoms with E-state index in [1.54, 1.807) is 20.1 Å². The lowest BCUT2D eigenvalue weighted by Crippen LogP contribution is -2.22. The first kappa shape index (κ1) is 17.6. The van der Waals surface area contributed by atoms with Crippen LogP contribution in [0.1, 0.15) is 27.4 Å². The van der Waals surface area contributed by atoms with Crippen molar-refractivity contribution in [2.24, 2.45) is 0 Å². The van der Waals surface area contributed by atoms with Crippen LogP contribution in [0, 0.1) is 6.92 Å². The maximum atomic E-state index is 12.4. The molecule has 2 aromatic carbocycles. The number of furan rings is 1. The van der Waals surface area contributed by atoms with Gasteiger partial charge in [0.05, 0.1) is 12.7 Å². The van der Waals surface area contributed by atoms with Crippen molar-refractivity contribution in [1.29, 1.82) is 0 Å². The number of nitrogens with one attached hydrogen (secondary N) is 1. The van der Waals surface area contributed by atoms with E-state index in [1.165, 1.54) is 0 Å². The summed E-state index contributed by atoms with van der Waals surface area (Å²) in [5.74, 6) is 2.48. The monoisotopic (exact) mass is 351 g/mol. The van der Waals surface area contributed by atoms with Crippen molar-refractivity contribution in [3.8, 4) is 11.5 Å². The van der Waals surface area contributed by atoms with Crippen LogP contribution in [0.2, 0.25) is 0 Å². The molecule has 0 saturated heterocycles. The molecule has 0 bridgehead atoms. The van der Waals surface area contributed by atoms with E-state index < -0.39 is 0 Å². The lowest BCUT2D eigenvalue weighted by molar-refractivity contribution is 0.0949. The SMILES string of the molecule is COc1ccc(OCc2cc(C(=O)NCc3ccccc3)c(C)o2)cc1. The van der Waals surface area contributed by atoms with Crippen LogP contribution in [-0.2, 0) is 13.2 Å². The average Bonchev–Trinajstić information content (AvgIpc) is 3.06. The molecule has 0 aliphatic rings. The van der Waals surface area contributed by atoms with Crippen molar-refractivity contribution in [3.63, 3.8) is 0 Å². The molecule has 3 rings (SSSR count). The van der Waals surface area contributed by atoms with Gasteiger partial charge in [-0.3, -0.25) is 4.79 Å². The minimum atomic E-state index is -0.161. The fourth-order valence-electron chi connectivity index (χ4n) is 2.54. The van der Waals surface area contributed by atoms with Crippen LogP contribution in [0.3, 0.4) is 0 Å². The Morgan fingerprint density at radius 2 is 1.73 bits per heavy atom. The minimum absolute atomic E-state index is 0.161. The van der Waals surface area contributed by atoms with Crippen LogP contribution in [0.15, 0.2) is 65.1 Å². The van der Waals surface area contributed by atoms with E-state index in [4.69, 9.17) is 13.9 Å². The van der Waals surface area contributed by atoms with Gasteiger partial charge in [0.2, 0.25) is 0 Å². The van der Waals surface area contributed by atoms with Gasteiger partial charge in [-0.25, -0.2) is 0 Å². The highest BCUT2D eigenvalue weighted by atomic mass is 16.5. The molecule has 5 heteroatoms. The maximum Gasteiger partial charge on any atom is 0.255 e. The normalized spacial score (nSPS) is 10.4. The quantitative estimate of drug-likeness (QED) is 0.696. The Bertz CT molecular complexity index is 853. The molecular formula is C21H21NO4. The number of benzene rings is 2. The summed E-state index contributed by atoms with van der Waals surface area (Å²) in [6.45, 7) is 2.50. The zero-order valence-electron chi connectivity index (χ0n) is 14.8. The predicted molar refractivity (Wildman–Crippen MR) is 98.4 cm³/mol. The lowest BCUT2D eigenvalue weighted by atomic mass is 10.2. The largest absolute Gasteiger partial charge is 0.497 e. The van der Waals surface area contributed by atoms with Gasteiger partial charge in [-0.15, -0.1) is 0 Å². The second kappa shape index (κ2) is 8.25. The highest BCUT2D eigenvalue weighted by Gasteiger charge is 2.15. The summed E-state index contributed by atoms with van der Waals surface area (Å²) in [7, 11) is 1.62. The van der Waals surface area contributed by atoms with Gasteiger partial charge in [0.25, 0.3) is 5.91 Å². The van der Waals surface area contributed by atoms with E-state index in [-0.39, 0.29) is 12.5 Å². The van der Waals surface area contributed by atoms with Crippen LogP contribution in [0.25, 0.3) is 0 Å². The Balaban J connectivity index is 1.58. The van der Waals surface area contributed by atoms with Crippen LogP contribution in [-0.4, -0.2) is 13.0 Å². The van der Waals surface area contributed by atoms with Gasteiger partial charge in [-0.1, -0.05) is 30.3 Å². The van der Waals surface area contributed by atoms with E-state index in [9.17, 15) is 4.79 Å². The molecule has 0 aliphatic heterocycles. The molecule has 5 nitrogen and oxygen atoms in total. The van der Waals surface area contributed by atoms with Crippen molar-refractivity contribution in [2.45, 2.75) is 20.1 Å². The van der Waals surface area contributed by atoms with E-state index in [2.05, 4.69) is 5.32 Å². The maximum absolute atomic E-state index is 12.4. The molecule has 0 atom stereocenters. The van der Waals surface area contributed by atoms with Crippen molar-refractivity contribution in [2.75, 3.05) is 7.11 Å². The molecule has 26 heavy (non-hydrogen) atoms. The first-order valence-electron chi connectivity index (χ1n) is 8.34. The molecule has 0 aliphatic carbocycles. The molecule has 1 aromatic heterocycles. The highest BCUT2D eigenvalue weighted by Crippen LogP contribution is 2.20. The zero-order valence-corrected chi connectivity index (χ0v) is 14.8. The summed E-state index contributed by atoms with van der Waals surface area (Å²) < 4.78 is 16.4. The zero-order chi connectivity index (χ0) is 18.4. The van der Waals surface area contributed by atoms with Crippen LogP contribution >= 0.6 is 0 Å². The molecule has 0 radical (unpaired) electrons. The van der Waals surface area contributed by atoms with Crippen LogP contribution in [0.5, 0.6) is 11.5 Å². The number of aryl methyl sites for hydroxylation is 1. The molecule has 0 unspecified atom stereocenters. The van der Waals surface area contributed by atoms with E-state index >= 15 is 0 Å². The number of hydrogen-bond acceptors (Lipinski definition) is 4. The number of hydrogen-bond donors (Lipinski definition) is 1. The Morgan fingerprint density at radius 3 is 2.42 bits per heavy atom. The molecule has 1 heterocycles. The van der Waals surface area contributed by atoms with Gasteiger partial charge in [0.1, 0.15) is 29.6 Å². The topological polar surface area (TPSA) is 60.7 Å². The first-order chi connectivity index (χ1) is 12.7. The van der Waals surface area contributed by atoms with Gasteiger partial charge >= 0.3 is 0 Å². The van der Waals surface area contributed by atoms with E-state index in [0.717, 1.165) is 11.3 Å². The van der Waals surface area contributed by atoms with E-state index in [0.29, 0.717) is 29.4 Å². The minimum Gasteiger partial charge on any atom is -0.497 e. The van der Waals surface area contributed by atoms with Crippen molar-refractivity contribution < 1.29 is 18.7 Å². The summed E-state index contributed by atoms with van der Waals surface area (Å²) in [4.78, 5) is 12.4. The third-order valence-corrected chi connectivity index (χ3v) is 3.95. The van der Waals surface area contributed by atoms with Crippen molar-refractivity contribution >= 4 is 5.91 Å². The molecule has 1 amide bonds. The fraction of sp³-hybridized carbons (Fsp3) is 0.190. The number of amides is 1. The second-order valence-electron chi connectivity index (χ2n) is 5.82. The molecule has 3 aromatic rings. The lowest BCUT2D eigenvalue weighted by Gasteiger charge is -2.05. The van der Waals surface area contributed by atoms with Gasteiger partial charge in [-0.2, -0.15) is 0 Å². The molecule has 0 saturated carbocycles. The Labute approximate surface area is 152 Å². The third-order valence-electron chi connectivity index (χ3n) is 3.95. The number of methoxy groups -OCH3 is 1.